The summed E-state index contributed by atoms with van der Waals surface area (Å²) in [6.45, 7) is 7.96. The SMILES string of the molecule is Cc1ccc(C(=O)Oc2c3ccccc3c(OC(=O)c3ccc(C)cc3)c3cc(C)c(C)cc23)cc1. The summed E-state index contributed by atoms with van der Waals surface area (Å²) in [5.74, 6) is 0.0157. The van der Waals surface area contributed by atoms with Gasteiger partial charge >= 0.3 is 11.9 Å². The van der Waals surface area contributed by atoms with Gasteiger partial charge in [-0.05, 0) is 75.2 Å². The van der Waals surface area contributed by atoms with Gasteiger partial charge in [-0.25, -0.2) is 9.59 Å². The monoisotopic (exact) mass is 474 g/mol. The van der Waals surface area contributed by atoms with Crippen molar-refractivity contribution < 1.29 is 19.1 Å². The molecule has 0 radical (unpaired) electrons. The Bertz CT molecular complexity index is 1500. The van der Waals surface area contributed by atoms with E-state index >= 15 is 0 Å². The molecule has 4 heteroatoms. The molecule has 0 fully saturated rings. The first kappa shape index (κ1) is 23.3. The summed E-state index contributed by atoms with van der Waals surface area (Å²) in [7, 11) is 0. The van der Waals surface area contributed by atoms with Gasteiger partial charge in [0.25, 0.3) is 0 Å². The van der Waals surface area contributed by atoms with E-state index in [9.17, 15) is 9.59 Å². The summed E-state index contributed by atoms with van der Waals surface area (Å²) in [6.07, 6.45) is 0. The van der Waals surface area contributed by atoms with Gasteiger partial charge in [0, 0.05) is 21.5 Å². The van der Waals surface area contributed by atoms with Gasteiger partial charge in [0.05, 0.1) is 11.1 Å². The van der Waals surface area contributed by atoms with E-state index in [1.807, 2.05) is 88.4 Å². The Balaban J connectivity index is 1.70. The molecule has 0 spiro atoms. The van der Waals surface area contributed by atoms with E-state index in [0.29, 0.717) is 44.2 Å². The average molecular weight is 475 g/mol. The molecule has 0 aliphatic carbocycles. The van der Waals surface area contributed by atoms with Crippen LogP contribution in [-0.4, -0.2) is 11.9 Å². The van der Waals surface area contributed by atoms with Gasteiger partial charge in [0.15, 0.2) is 0 Å². The van der Waals surface area contributed by atoms with Gasteiger partial charge in [0.2, 0.25) is 0 Å². The summed E-state index contributed by atoms with van der Waals surface area (Å²) in [5.41, 5.74) is 5.15. The number of ether oxygens (including phenoxy) is 2. The molecule has 0 heterocycles. The van der Waals surface area contributed by atoms with Crippen LogP contribution in [0.3, 0.4) is 0 Å². The summed E-state index contributed by atoms with van der Waals surface area (Å²) in [6, 6.07) is 26.1. The van der Waals surface area contributed by atoms with E-state index in [0.717, 1.165) is 22.3 Å². The van der Waals surface area contributed by atoms with Crippen LogP contribution in [0.25, 0.3) is 21.5 Å². The van der Waals surface area contributed by atoms with Crippen molar-refractivity contribution in [2.24, 2.45) is 0 Å². The molecule has 0 amide bonds. The Morgan fingerprint density at radius 2 is 0.861 bits per heavy atom. The molecule has 0 aliphatic heterocycles. The molecule has 5 aromatic carbocycles. The Morgan fingerprint density at radius 3 is 1.22 bits per heavy atom. The lowest BCUT2D eigenvalue weighted by Crippen LogP contribution is -2.11. The largest absolute Gasteiger partial charge is 0.422 e. The molecule has 0 atom stereocenters. The first-order valence-corrected chi connectivity index (χ1v) is 11.8. The highest BCUT2D eigenvalue weighted by molar-refractivity contribution is 6.14. The smallest absolute Gasteiger partial charge is 0.343 e. The number of carbonyl (C=O) groups excluding carboxylic acids is 2. The number of hydrogen-bond donors (Lipinski definition) is 0. The van der Waals surface area contributed by atoms with Crippen LogP contribution in [0.2, 0.25) is 0 Å². The molecule has 0 bridgehead atoms. The molecule has 4 nitrogen and oxygen atoms in total. The van der Waals surface area contributed by atoms with Crippen molar-refractivity contribution in [1.82, 2.24) is 0 Å². The number of carbonyl (C=O) groups is 2. The van der Waals surface area contributed by atoms with Gasteiger partial charge in [-0.2, -0.15) is 0 Å². The Kier molecular flexibility index (Phi) is 6.03. The van der Waals surface area contributed by atoms with E-state index in [1.165, 1.54) is 0 Å². The minimum Gasteiger partial charge on any atom is -0.422 e. The van der Waals surface area contributed by atoms with Gasteiger partial charge in [-0.3, -0.25) is 0 Å². The van der Waals surface area contributed by atoms with E-state index < -0.39 is 11.9 Å². The maximum absolute atomic E-state index is 13.1. The predicted octanol–water partition coefficient (Wildman–Crippen LogP) is 7.67. The van der Waals surface area contributed by atoms with Crippen molar-refractivity contribution in [3.8, 4) is 11.5 Å². The Hall–Kier alpha value is -4.44. The standard InChI is InChI=1S/C32H26O4/c1-19-9-13-23(14-10-19)31(33)35-29-25-7-5-6-8-26(25)30(28-18-22(4)21(3)17-27(28)29)36-32(34)24-15-11-20(2)12-16-24/h5-18H,1-4H3. The predicted molar refractivity (Wildman–Crippen MR) is 143 cm³/mol. The molecule has 0 unspecified atom stereocenters. The summed E-state index contributed by atoms with van der Waals surface area (Å²) < 4.78 is 12.1. The summed E-state index contributed by atoms with van der Waals surface area (Å²) in [5, 5.41) is 2.81. The second kappa shape index (κ2) is 9.31. The third-order valence-corrected chi connectivity index (χ3v) is 6.50. The van der Waals surface area contributed by atoms with Crippen LogP contribution in [0.4, 0.5) is 0 Å². The van der Waals surface area contributed by atoms with Gasteiger partial charge in [-0.15, -0.1) is 0 Å². The zero-order chi connectivity index (χ0) is 25.4. The number of esters is 2. The van der Waals surface area contributed by atoms with E-state index in [2.05, 4.69) is 0 Å². The van der Waals surface area contributed by atoms with Crippen molar-refractivity contribution in [1.29, 1.82) is 0 Å². The number of aryl methyl sites for hydroxylation is 4. The zero-order valence-electron chi connectivity index (χ0n) is 20.7. The highest BCUT2D eigenvalue weighted by atomic mass is 16.5. The number of benzene rings is 5. The second-order valence-corrected chi connectivity index (χ2v) is 9.20. The second-order valence-electron chi connectivity index (χ2n) is 9.20. The number of fused-ring (bicyclic) bond motifs is 2. The minimum absolute atomic E-state index is 0.441. The topological polar surface area (TPSA) is 52.6 Å². The first-order chi connectivity index (χ1) is 17.3. The minimum atomic E-state index is -0.441. The van der Waals surface area contributed by atoms with Crippen molar-refractivity contribution in [3.05, 3.63) is 118 Å². The molecule has 5 rings (SSSR count). The first-order valence-electron chi connectivity index (χ1n) is 11.8. The third-order valence-electron chi connectivity index (χ3n) is 6.50. The van der Waals surface area contributed by atoms with Crippen molar-refractivity contribution in [2.45, 2.75) is 27.7 Å². The average Bonchev–Trinajstić information content (AvgIpc) is 2.87. The molecular formula is C32H26O4. The van der Waals surface area contributed by atoms with E-state index in [-0.39, 0.29) is 0 Å². The van der Waals surface area contributed by atoms with Crippen LogP contribution < -0.4 is 9.47 Å². The molecule has 0 saturated carbocycles. The van der Waals surface area contributed by atoms with Crippen LogP contribution in [0.1, 0.15) is 43.0 Å². The fourth-order valence-electron chi connectivity index (χ4n) is 4.26. The fraction of sp³-hybridized carbons (Fsp3) is 0.125. The lowest BCUT2D eigenvalue weighted by Gasteiger charge is -2.18. The molecule has 178 valence electrons. The zero-order valence-corrected chi connectivity index (χ0v) is 20.7. The highest BCUT2D eigenvalue weighted by Crippen LogP contribution is 2.44. The van der Waals surface area contributed by atoms with Crippen LogP contribution >= 0.6 is 0 Å². The Morgan fingerprint density at radius 1 is 0.500 bits per heavy atom. The summed E-state index contributed by atoms with van der Waals surface area (Å²) >= 11 is 0. The summed E-state index contributed by atoms with van der Waals surface area (Å²) in [4.78, 5) is 26.3. The lowest BCUT2D eigenvalue weighted by atomic mass is 9.96. The maximum Gasteiger partial charge on any atom is 0.343 e. The molecular weight excluding hydrogens is 448 g/mol. The van der Waals surface area contributed by atoms with Gasteiger partial charge in [-0.1, -0.05) is 59.7 Å². The number of rotatable bonds is 4. The fourth-order valence-corrected chi connectivity index (χ4v) is 4.26. The maximum atomic E-state index is 13.1. The molecule has 0 saturated heterocycles. The quantitative estimate of drug-likeness (QED) is 0.152. The van der Waals surface area contributed by atoms with Gasteiger partial charge < -0.3 is 9.47 Å². The molecule has 0 N–H and O–H groups in total. The van der Waals surface area contributed by atoms with Crippen molar-refractivity contribution in [2.75, 3.05) is 0 Å². The normalized spacial score (nSPS) is 11.0. The van der Waals surface area contributed by atoms with Crippen molar-refractivity contribution in [3.63, 3.8) is 0 Å². The van der Waals surface area contributed by atoms with Gasteiger partial charge in [0.1, 0.15) is 11.5 Å². The Labute approximate surface area is 210 Å². The molecule has 0 aliphatic rings. The van der Waals surface area contributed by atoms with Crippen molar-refractivity contribution >= 4 is 33.5 Å². The molecule has 5 aromatic rings. The van der Waals surface area contributed by atoms with Crippen LogP contribution in [0.15, 0.2) is 84.9 Å². The number of hydrogen-bond acceptors (Lipinski definition) is 4. The van der Waals surface area contributed by atoms with Crippen LogP contribution in [0.5, 0.6) is 11.5 Å². The lowest BCUT2D eigenvalue weighted by molar-refractivity contribution is 0.0726. The molecule has 0 aromatic heterocycles. The van der Waals surface area contributed by atoms with Crippen LogP contribution in [-0.2, 0) is 0 Å². The highest BCUT2D eigenvalue weighted by Gasteiger charge is 2.22. The van der Waals surface area contributed by atoms with E-state index in [4.69, 9.17) is 9.47 Å². The van der Waals surface area contributed by atoms with Crippen LogP contribution in [0, 0.1) is 27.7 Å². The molecule has 36 heavy (non-hydrogen) atoms. The third kappa shape index (κ3) is 4.34. The van der Waals surface area contributed by atoms with E-state index in [1.54, 1.807) is 24.3 Å².